The summed E-state index contributed by atoms with van der Waals surface area (Å²) >= 11 is 0. The number of morpholine rings is 1. The van der Waals surface area contributed by atoms with E-state index in [9.17, 15) is 4.79 Å². The molecule has 2 amide bonds. The van der Waals surface area contributed by atoms with Gasteiger partial charge in [-0.1, -0.05) is 37.3 Å². The van der Waals surface area contributed by atoms with Crippen molar-refractivity contribution in [2.75, 3.05) is 19.6 Å². The van der Waals surface area contributed by atoms with E-state index in [0.717, 1.165) is 6.42 Å². The van der Waals surface area contributed by atoms with Gasteiger partial charge in [0, 0.05) is 19.6 Å². The van der Waals surface area contributed by atoms with Crippen LogP contribution in [0.15, 0.2) is 30.3 Å². The van der Waals surface area contributed by atoms with Crippen LogP contribution in [0.4, 0.5) is 4.79 Å². The molecule has 116 valence electrons. The quantitative estimate of drug-likeness (QED) is 0.926. The fourth-order valence-corrected chi connectivity index (χ4v) is 2.80. The Hall–Kier alpha value is -1.55. The summed E-state index contributed by atoms with van der Waals surface area (Å²) in [4.78, 5) is 14.0. The van der Waals surface area contributed by atoms with Crippen LogP contribution < -0.4 is 5.32 Å². The molecule has 1 saturated heterocycles. The SMILES string of the molecule is CC1CN(C(=O)NCCC(C)c2ccccc2)CC(C)O1. The number of hydrogen-bond acceptors (Lipinski definition) is 2. The van der Waals surface area contributed by atoms with Crippen molar-refractivity contribution in [3.8, 4) is 0 Å². The predicted octanol–water partition coefficient (Wildman–Crippen LogP) is 3.00. The molecule has 4 nitrogen and oxygen atoms in total. The molecule has 21 heavy (non-hydrogen) atoms. The van der Waals surface area contributed by atoms with Crippen molar-refractivity contribution >= 4 is 6.03 Å². The summed E-state index contributed by atoms with van der Waals surface area (Å²) in [6.45, 7) is 8.26. The molecule has 4 heteroatoms. The molecule has 1 heterocycles. The lowest BCUT2D eigenvalue weighted by molar-refractivity contribution is -0.0545. The van der Waals surface area contributed by atoms with Gasteiger partial charge in [0.25, 0.3) is 0 Å². The molecular weight excluding hydrogens is 264 g/mol. The zero-order chi connectivity index (χ0) is 15.2. The van der Waals surface area contributed by atoms with Crippen LogP contribution in [0.2, 0.25) is 0 Å². The van der Waals surface area contributed by atoms with Crippen LogP contribution in [0.1, 0.15) is 38.7 Å². The van der Waals surface area contributed by atoms with Gasteiger partial charge in [0.15, 0.2) is 0 Å². The summed E-state index contributed by atoms with van der Waals surface area (Å²) in [6, 6.07) is 10.4. The maximum absolute atomic E-state index is 12.2. The van der Waals surface area contributed by atoms with E-state index in [1.807, 2.05) is 24.8 Å². The van der Waals surface area contributed by atoms with Crippen molar-refractivity contribution in [2.24, 2.45) is 0 Å². The Morgan fingerprint density at radius 1 is 1.29 bits per heavy atom. The second kappa shape index (κ2) is 7.46. The molecule has 0 spiro atoms. The van der Waals surface area contributed by atoms with Gasteiger partial charge in [0.2, 0.25) is 0 Å². The highest BCUT2D eigenvalue weighted by molar-refractivity contribution is 5.74. The maximum Gasteiger partial charge on any atom is 0.317 e. The summed E-state index contributed by atoms with van der Waals surface area (Å²) in [5.41, 5.74) is 1.32. The van der Waals surface area contributed by atoms with E-state index in [0.29, 0.717) is 25.6 Å². The molecule has 1 fully saturated rings. The second-order valence-corrected chi connectivity index (χ2v) is 5.99. The summed E-state index contributed by atoms with van der Waals surface area (Å²) in [5.74, 6) is 0.453. The Labute approximate surface area is 127 Å². The second-order valence-electron chi connectivity index (χ2n) is 5.99. The fourth-order valence-electron chi connectivity index (χ4n) is 2.80. The first kappa shape index (κ1) is 15.8. The van der Waals surface area contributed by atoms with E-state index in [1.54, 1.807) is 0 Å². The summed E-state index contributed by atoms with van der Waals surface area (Å²) < 4.78 is 5.65. The lowest BCUT2D eigenvalue weighted by atomic mass is 9.98. The molecule has 1 aliphatic rings. The Morgan fingerprint density at radius 2 is 1.90 bits per heavy atom. The van der Waals surface area contributed by atoms with Gasteiger partial charge in [-0.15, -0.1) is 0 Å². The zero-order valence-corrected chi connectivity index (χ0v) is 13.2. The molecule has 0 radical (unpaired) electrons. The van der Waals surface area contributed by atoms with Crippen molar-refractivity contribution in [3.05, 3.63) is 35.9 Å². The van der Waals surface area contributed by atoms with Crippen LogP contribution in [-0.2, 0) is 4.74 Å². The van der Waals surface area contributed by atoms with E-state index >= 15 is 0 Å². The third-order valence-corrected chi connectivity index (χ3v) is 3.93. The number of amides is 2. The highest BCUT2D eigenvalue weighted by atomic mass is 16.5. The van der Waals surface area contributed by atoms with Crippen molar-refractivity contribution in [1.82, 2.24) is 10.2 Å². The average Bonchev–Trinajstić information content (AvgIpc) is 2.47. The largest absolute Gasteiger partial charge is 0.372 e. The van der Waals surface area contributed by atoms with Gasteiger partial charge >= 0.3 is 6.03 Å². The first-order valence-electron chi connectivity index (χ1n) is 7.79. The Morgan fingerprint density at radius 3 is 2.52 bits per heavy atom. The number of hydrogen-bond donors (Lipinski definition) is 1. The monoisotopic (exact) mass is 290 g/mol. The molecule has 1 N–H and O–H groups in total. The van der Waals surface area contributed by atoms with Gasteiger partial charge in [0.1, 0.15) is 0 Å². The third-order valence-electron chi connectivity index (χ3n) is 3.93. The van der Waals surface area contributed by atoms with E-state index in [1.165, 1.54) is 5.56 Å². The standard InChI is InChI=1S/C17H26N2O2/c1-13(16-7-5-4-6-8-16)9-10-18-17(20)19-11-14(2)21-15(3)12-19/h4-8,13-15H,9-12H2,1-3H3,(H,18,20). The molecule has 1 aromatic carbocycles. The number of rotatable bonds is 4. The predicted molar refractivity (Wildman–Crippen MR) is 84.5 cm³/mol. The molecule has 1 aromatic rings. The van der Waals surface area contributed by atoms with Crippen LogP contribution in [-0.4, -0.2) is 42.8 Å². The summed E-state index contributed by atoms with van der Waals surface area (Å²) in [6.07, 6.45) is 1.18. The van der Waals surface area contributed by atoms with Gasteiger partial charge < -0.3 is 15.0 Å². The number of nitrogens with zero attached hydrogens (tertiary/aromatic N) is 1. The van der Waals surface area contributed by atoms with E-state index in [4.69, 9.17) is 4.74 Å². The van der Waals surface area contributed by atoms with Crippen LogP contribution in [0.3, 0.4) is 0 Å². The highest BCUT2D eigenvalue weighted by Gasteiger charge is 2.25. The number of nitrogens with one attached hydrogen (secondary N) is 1. The molecular formula is C17H26N2O2. The third kappa shape index (κ3) is 4.74. The number of carbonyl (C=O) groups is 1. The van der Waals surface area contributed by atoms with Gasteiger partial charge in [-0.3, -0.25) is 0 Å². The lowest BCUT2D eigenvalue weighted by Gasteiger charge is -2.35. The minimum absolute atomic E-state index is 0.0252. The summed E-state index contributed by atoms with van der Waals surface area (Å²) in [7, 11) is 0. The molecule has 1 aliphatic heterocycles. The summed E-state index contributed by atoms with van der Waals surface area (Å²) in [5, 5.41) is 3.03. The number of benzene rings is 1. The van der Waals surface area contributed by atoms with Gasteiger partial charge in [-0.25, -0.2) is 4.79 Å². The molecule has 0 bridgehead atoms. The van der Waals surface area contributed by atoms with Crippen molar-refractivity contribution in [1.29, 1.82) is 0 Å². The van der Waals surface area contributed by atoms with E-state index in [2.05, 4.69) is 36.5 Å². The van der Waals surface area contributed by atoms with Crippen LogP contribution >= 0.6 is 0 Å². The number of ether oxygens (including phenoxy) is 1. The molecule has 3 unspecified atom stereocenters. The fraction of sp³-hybridized carbons (Fsp3) is 0.588. The topological polar surface area (TPSA) is 41.6 Å². The van der Waals surface area contributed by atoms with Gasteiger partial charge in [-0.05, 0) is 31.7 Å². The maximum atomic E-state index is 12.2. The van der Waals surface area contributed by atoms with Crippen LogP contribution in [0, 0.1) is 0 Å². The minimum atomic E-state index is 0.0252. The zero-order valence-electron chi connectivity index (χ0n) is 13.2. The minimum Gasteiger partial charge on any atom is -0.372 e. The molecule has 0 aromatic heterocycles. The molecule has 0 saturated carbocycles. The molecule has 3 atom stereocenters. The van der Waals surface area contributed by atoms with Crippen molar-refractivity contribution < 1.29 is 9.53 Å². The number of carbonyl (C=O) groups excluding carboxylic acids is 1. The van der Waals surface area contributed by atoms with E-state index in [-0.39, 0.29) is 18.2 Å². The first-order chi connectivity index (χ1) is 10.1. The average molecular weight is 290 g/mol. The number of urea groups is 1. The first-order valence-corrected chi connectivity index (χ1v) is 7.79. The van der Waals surface area contributed by atoms with Gasteiger partial charge in [-0.2, -0.15) is 0 Å². The Balaban J connectivity index is 1.74. The normalized spacial score (nSPS) is 23.7. The van der Waals surface area contributed by atoms with Gasteiger partial charge in [0.05, 0.1) is 12.2 Å². The van der Waals surface area contributed by atoms with Crippen molar-refractivity contribution in [3.63, 3.8) is 0 Å². The van der Waals surface area contributed by atoms with Crippen molar-refractivity contribution in [2.45, 2.75) is 45.3 Å². The van der Waals surface area contributed by atoms with Crippen LogP contribution in [0.25, 0.3) is 0 Å². The molecule has 0 aliphatic carbocycles. The Bertz CT molecular complexity index is 439. The molecule has 2 rings (SSSR count). The highest BCUT2D eigenvalue weighted by Crippen LogP contribution is 2.17. The van der Waals surface area contributed by atoms with Crippen LogP contribution in [0.5, 0.6) is 0 Å². The smallest absolute Gasteiger partial charge is 0.317 e. The Kier molecular flexibility index (Phi) is 5.62. The lowest BCUT2D eigenvalue weighted by Crippen LogP contribution is -2.51. The van der Waals surface area contributed by atoms with E-state index < -0.39 is 0 Å².